The maximum atomic E-state index is 12.9. The number of quaternary nitrogens is 1. The van der Waals surface area contributed by atoms with Gasteiger partial charge in [-0.05, 0) is 77.0 Å². The standard InChI is InChI=1S/C74H138NO8P/c1-6-8-10-12-14-16-18-20-22-24-26-28-30-32-34-35-36-37-38-39-41-43-45-47-49-51-53-55-57-59-61-63-65-67-74(77)83-72(71-82-84(78,79)81-69-68-75(3,4)5)70-80-73(76)66-64-62-60-58-56-54-52-50-48-46-44-42-40-33-31-29-27-25-23-21-19-17-15-13-11-9-7-2/h8,10,14,16,20,22,25-28,72H,6-7,9,11-13,15,17-19,21,23-24,29-71H2,1-5H3/p+1/b10-8-,16-14-,22-20-,27-25-,28-26-. The van der Waals surface area contributed by atoms with Gasteiger partial charge in [0.25, 0.3) is 0 Å². The van der Waals surface area contributed by atoms with Crippen molar-refractivity contribution in [1.82, 2.24) is 0 Å². The number of likely N-dealkylation sites (N-methyl/N-ethyl adjacent to an activating group) is 1. The second-order valence-electron chi connectivity index (χ2n) is 25.6. The smallest absolute Gasteiger partial charge is 0.462 e. The van der Waals surface area contributed by atoms with Crippen molar-refractivity contribution in [3.8, 4) is 0 Å². The molecule has 9 nitrogen and oxygen atoms in total. The zero-order valence-corrected chi connectivity index (χ0v) is 57.0. The lowest BCUT2D eigenvalue weighted by Gasteiger charge is -2.24. The molecule has 0 rings (SSSR count). The van der Waals surface area contributed by atoms with Gasteiger partial charge < -0.3 is 18.9 Å². The minimum absolute atomic E-state index is 0.0333. The Hall–Kier alpha value is -2.29. The first-order valence-corrected chi connectivity index (χ1v) is 37.5. The summed E-state index contributed by atoms with van der Waals surface area (Å²) in [6, 6.07) is 0. The second-order valence-corrected chi connectivity index (χ2v) is 27.0. The molecule has 0 aromatic heterocycles. The molecule has 0 aliphatic carbocycles. The van der Waals surface area contributed by atoms with E-state index in [1.165, 1.54) is 257 Å². The summed E-state index contributed by atoms with van der Waals surface area (Å²) >= 11 is 0. The minimum atomic E-state index is -4.39. The molecule has 0 saturated carbocycles. The summed E-state index contributed by atoms with van der Waals surface area (Å²) in [6.07, 6.45) is 86.2. The zero-order valence-electron chi connectivity index (χ0n) is 56.1. The van der Waals surface area contributed by atoms with Gasteiger partial charge in [0.15, 0.2) is 6.10 Å². The average Bonchev–Trinajstić information content (AvgIpc) is 3.61. The molecule has 0 aliphatic rings. The molecular weight excluding hydrogens is 1060 g/mol. The first-order valence-electron chi connectivity index (χ1n) is 36.0. The maximum absolute atomic E-state index is 12.9. The van der Waals surface area contributed by atoms with Crippen LogP contribution in [0.4, 0.5) is 0 Å². The number of phosphoric ester groups is 1. The van der Waals surface area contributed by atoms with Gasteiger partial charge in [-0.2, -0.15) is 0 Å². The van der Waals surface area contributed by atoms with Crippen LogP contribution in [-0.2, 0) is 32.7 Å². The normalized spacial score (nSPS) is 13.5. The topological polar surface area (TPSA) is 108 Å². The molecule has 0 aromatic carbocycles. The van der Waals surface area contributed by atoms with Crippen LogP contribution in [0.3, 0.4) is 0 Å². The Morgan fingerprint density at radius 2 is 0.679 bits per heavy atom. The predicted octanol–water partition coefficient (Wildman–Crippen LogP) is 23.4. The van der Waals surface area contributed by atoms with E-state index in [1.807, 2.05) is 21.1 Å². The van der Waals surface area contributed by atoms with Gasteiger partial charge in [-0.15, -0.1) is 0 Å². The Balaban J connectivity index is 3.98. The summed E-state index contributed by atoms with van der Waals surface area (Å²) in [6.45, 7) is 4.38. The fraction of sp³-hybridized carbons (Fsp3) is 0.838. The van der Waals surface area contributed by atoms with E-state index in [9.17, 15) is 19.0 Å². The molecule has 0 radical (unpaired) electrons. The van der Waals surface area contributed by atoms with Gasteiger partial charge in [-0.3, -0.25) is 18.6 Å². The molecule has 0 amide bonds. The van der Waals surface area contributed by atoms with Crippen LogP contribution in [-0.4, -0.2) is 74.9 Å². The first kappa shape index (κ1) is 81.7. The SMILES string of the molecule is CC/C=C\C/C=C\C/C=C\C/C=C\CCCCCCCCCCCCCCCCCCCCCCC(=O)OC(COC(=O)CCCCCCCCCCCCCCCCC/C=C\CCCCCCCCCC)COP(=O)(O)OCC[N+](C)(C)C. The monoisotopic (exact) mass is 1200 g/mol. The molecule has 0 aromatic rings. The number of ether oxygens (including phenoxy) is 2. The number of phosphoric acid groups is 1. The van der Waals surface area contributed by atoms with Gasteiger partial charge in [0.05, 0.1) is 27.7 Å². The lowest BCUT2D eigenvalue weighted by molar-refractivity contribution is -0.870. The molecule has 1 N–H and O–H groups in total. The van der Waals surface area contributed by atoms with Crippen molar-refractivity contribution in [1.29, 1.82) is 0 Å². The van der Waals surface area contributed by atoms with Crippen molar-refractivity contribution >= 4 is 19.8 Å². The van der Waals surface area contributed by atoms with Crippen LogP contribution < -0.4 is 0 Å². The summed E-state index contributed by atoms with van der Waals surface area (Å²) in [5.41, 5.74) is 0. The van der Waals surface area contributed by atoms with Crippen molar-refractivity contribution in [2.24, 2.45) is 0 Å². The molecule has 2 atom stereocenters. The number of nitrogens with zero attached hydrogens (tertiary/aromatic N) is 1. The largest absolute Gasteiger partial charge is 0.472 e. The van der Waals surface area contributed by atoms with E-state index in [0.717, 1.165) is 57.8 Å². The van der Waals surface area contributed by atoms with Gasteiger partial charge in [-0.1, -0.05) is 319 Å². The van der Waals surface area contributed by atoms with Crippen LogP contribution in [0.1, 0.15) is 348 Å². The van der Waals surface area contributed by atoms with Crippen molar-refractivity contribution in [3.63, 3.8) is 0 Å². The van der Waals surface area contributed by atoms with Gasteiger partial charge in [0, 0.05) is 12.8 Å². The maximum Gasteiger partial charge on any atom is 0.472 e. The highest BCUT2D eigenvalue weighted by molar-refractivity contribution is 7.47. The quantitative estimate of drug-likeness (QED) is 0.0211. The number of hydrogen-bond donors (Lipinski definition) is 1. The number of esters is 2. The van der Waals surface area contributed by atoms with E-state index < -0.39 is 26.5 Å². The van der Waals surface area contributed by atoms with E-state index in [1.54, 1.807) is 0 Å². The lowest BCUT2D eigenvalue weighted by atomic mass is 10.0. The molecule has 0 bridgehead atoms. The molecule has 0 saturated heterocycles. The van der Waals surface area contributed by atoms with Gasteiger partial charge in [-0.25, -0.2) is 4.57 Å². The number of carbonyl (C=O) groups is 2. The number of hydrogen-bond acceptors (Lipinski definition) is 7. The zero-order chi connectivity index (χ0) is 61.2. The van der Waals surface area contributed by atoms with Crippen molar-refractivity contribution in [3.05, 3.63) is 60.8 Å². The van der Waals surface area contributed by atoms with Crippen LogP contribution in [0.15, 0.2) is 60.8 Å². The lowest BCUT2D eigenvalue weighted by Crippen LogP contribution is -2.37. The third-order valence-corrected chi connectivity index (χ3v) is 17.0. The third kappa shape index (κ3) is 68.8. The highest BCUT2D eigenvalue weighted by atomic mass is 31.2. The number of unbranched alkanes of at least 4 members (excludes halogenated alkanes) is 43. The third-order valence-electron chi connectivity index (χ3n) is 16.0. The van der Waals surface area contributed by atoms with E-state index in [4.69, 9.17) is 18.5 Å². The first-order chi connectivity index (χ1) is 41.0. The number of allylic oxidation sites excluding steroid dienone is 10. The molecule has 0 aliphatic heterocycles. The Kier molecular flexibility index (Phi) is 63.4. The Bertz CT molecular complexity index is 1600. The summed E-state index contributed by atoms with van der Waals surface area (Å²) in [5.74, 6) is -0.778. The van der Waals surface area contributed by atoms with E-state index in [0.29, 0.717) is 23.9 Å². The van der Waals surface area contributed by atoms with Crippen molar-refractivity contribution < 1.29 is 42.1 Å². The predicted molar refractivity (Wildman–Crippen MR) is 363 cm³/mol. The fourth-order valence-electron chi connectivity index (χ4n) is 10.5. The summed E-state index contributed by atoms with van der Waals surface area (Å²) in [5, 5.41) is 0. The molecular formula is C74H139NO8P+. The molecule has 0 heterocycles. The van der Waals surface area contributed by atoms with Gasteiger partial charge >= 0.3 is 19.8 Å². The van der Waals surface area contributed by atoms with Crippen molar-refractivity contribution in [2.45, 2.75) is 354 Å². The Labute approximate surface area is 521 Å². The highest BCUT2D eigenvalue weighted by Crippen LogP contribution is 2.43. The highest BCUT2D eigenvalue weighted by Gasteiger charge is 2.27. The minimum Gasteiger partial charge on any atom is -0.462 e. The van der Waals surface area contributed by atoms with Gasteiger partial charge in [0.2, 0.25) is 0 Å². The van der Waals surface area contributed by atoms with Gasteiger partial charge in [0.1, 0.15) is 19.8 Å². The van der Waals surface area contributed by atoms with E-state index in [2.05, 4.69) is 74.6 Å². The number of rotatable bonds is 67. The Morgan fingerprint density at radius 3 is 1.02 bits per heavy atom. The molecule has 10 heteroatoms. The van der Waals surface area contributed by atoms with E-state index in [-0.39, 0.29) is 25.6 Å². The number of carbonyl (C=O) groups excluding carboxylic acids is 2. The average molecular weight is 1200 g/mol. The van der Waals surface area contributed by atoms with Crippen LogP contribution in [0.2, 0.25) is 0 Å². The molecule has 492 valence electrons. The molecule has 0 spiro atoms. The van der Waals surface area contributed by atoms with Crippen LogP contribution in [0, 0.1) is 0 Å². The summed E-state index contributed by atoms with van der Waals surface area (Å²) in [4.78, 5) is 35.9. The van der Waals surface area contributed by atoms with Crippen LogP contribution in [0.25, 0.3) is 0 Å². The fourth-order valence-corrected chi connectivity index (χ4v) is 11.3. The van der Waals surface area contributed by atoms with Crippen molar-refractivity contribution in [2.75, 3.05) is 47.5 Å². The van der Waals surface area contributed by atoms with Crippen LogP contribution >= 0.6 is 7.82 Å². The molecule has 2 unspecified atom stereocenters. The second kappa shape index (κ2) is 65.2. The molecule has 0 fully saturated rings. The summed E-state index contributed by atoms with van der Waals surface area (Å²) < 4.78 is 34.8. The van der Waals surface area contributed by atoms with E-state index >= 15 is 0 Å². The summed E-state index contributed by atoms with van der Waals surface area (Å²) in [7, 11) is 1.49. The molecule has 84 heavy (non-hydrogen) atoms. The Morgan fingerprint density at radius 1 is 0.381 bits per heavy atom. The van der Waals surface area contributed by atoms with Crippen LogP contribution in [0.5, 0.6) is 0 Å².